The first-order valence-electron chi connectivity index (χ1n) is 7.80. The van der Waals surface area contributed by atoms with Gasteiger partial charge in [-0.2, -0.15) is 0 Å². The summed E-state index contributed by atoms with van der Waals surface area (Å²) in [5.41, 5.74) is 1.04. The number of aromatic nitrogens is 1. The number of carbonyl (C=O) groups is 1. The summed E-state index contributed by atoms with van der Waals surface area (Å²) < 4.78 is 5.95. The van der Waals surface area contributed by atoms with Crippen molar-refractivity contribution in [2.45, 2.75) is 25.4 Å². The maximum absolute atomic E-state index is 12.5. The summed E-state index contributed by atoms with van der Waals surface area (Å²) in [6.45, 7) is 1.39. The van der Waals surface area contributed by atoms with E-state index in [9.17, 15) is 4.79 Å². The van der Waals surface area contributed by atoms with Crippen LogP contribution in [0.15, 0.2) is 48.8 Å². The lowest BCUT2D eigenvalue weighted by Gasteiger charge is -2.33. The number of amides is 1. The Morgan fingerprint density at radius 3 is 2.91 bits per heavy atom. The molecular formula is C18H19ClN2O2. The smallest absolute Gasteiger partial charge is 0.227 e. The van der Waals surface area contributed by atoms with Crippen LogP contribution in [0, 0.1) is 0 Å². The second kappa shape index (κ2) is 7.47. The van der Waals surface area contributed by atoms with Crippen molar-refractivity contribution in [3.8, 4) is 5.75 Å². The minimum Gasteiger partial charge on any atom is -0.487 e. The summed E-state index contributed by atoms with van der Waals surface area (Å²) in [4.78, 5) is 18.3. The van der Waals surface area contributed by atoms with E-state index in [1.54, 1.807) is 18.5 Å². The summed E-state index contributed by atoms with van der Waals surface area (Å²) in [5.74, 6) is 0.773. The van der Waals surface area contributed by atoms with Crippen molar-refractivity contribution in [1.82, 2.24) is 9.88 Å². The molecule has 5 heteroatoms. The van der Waals surface area contributed by atoms with Crippen LogP contribution in [0.25, 0.3) is 0 Å². The van der Waals surface area contributed by atoms with Crippen LogP contribution in [-0.2, 0) is 11.2 Å². The molecule has 4 nitrogen and oxygen atoms in total. The highest BCUT2D eigenvalue weighted by Crippen LogP contribution is 2.25. The minimum atomic E-state index is -0.0247. The van der Waals surface area contributed by atoms with Gasteiger partial charge in [-0.25, -0.2) is 0 Å². The van der Waals surface area contributed by atoms with Crippen molar-refractivity contribution in [1.29, 1.82) is 0 Å². The van der Waals surface area contributed by atoms with E-state index in [0.29, 0.717) is 23.7 Å². The molecule has 0 aliphatic carbocycles. The molecule has 1 aliphatic heterocycles. The fourth-order valence-electron chi connectivity index (χ4n) is 2.78. The molecule has 23 heavy (non-hydrogen) atoms. The van der Waals surface area contributed by atoms with Gasteiger partial charge in [0.2, 0.25) is 5.91 Å². The number of nitrogens with zero attached hydrogens (tertiary/aromatic N) is 2. The molecular weight excluding hydrogens is 312 g/mol. The molecule has 1 aromatic heterocycles. The third-order valence-electron chi connectivity index (χ3n) is 3.96. The fourth-order valence-corrected chi connectivity index (χ4v) is 2.94. The van der Waals surface area contributed by atoms with Gasteiger partial charge in [0, 0.05) is 25.0 Å². The molecule has 1 saturated heterocycles. The standard InChI is InChI=1S/C18H19ClN2O2/c19-16-12-20-9-8-17(16)23-15-7-4-10-21(13-15)18(22)11-14-5-2-1-3-6-14/h1-3,5-6,8-9,12,15H,4,7,10-11,13H2/t15-/m0/s1. The number of rotatable bonds is 4. The lowest BCUT2D eigenvalue weighted by atomic mass is 10.1. The molecule has 1 atom stereocenters. The molecule has 2 heterocycles. The first-order chi connectivity index (χ1) is 11.2. The zero-order valence-corrected chi connectivity index (χ0v) is 13.6. The van der Waals surface area contributed by atoms with Gasteiger partial charge in [0.05, 0.1) is 13.0 Å². The van der Waals surface area contributed by atoms with E-state index in [2.05, 4.69) is 4.98 Å². The number of pyridine rings is 1. The van der Waals surface area contributed by atoms with Gasteiger partial charge < -0.3 is 9.64 Å². The molecule has 0 N–H and O–H groups in total. The third-order valence-corrected chi connectivity index (χ3v) is 4.24. The van der Waals surface area contributed by atoms with Crippen molar-refractivity contribution in [2.75, 3.05) is 13.1 Å². The SMILES string of the molecule is O=C(Cc1ccccc1)N1CCC[C@H](Oc2ccncc2Cl)C1. The van der Waals surface area contributed by atoms with Crippen molar-refractivity contribution >= 4 is 17.5 Å². The number of hydrogen-bond donors (Lipinski definition) is 0. The van der Waals surface area contributed by atoms with Gasteiger partial charge >= 0.3 is 0 Å². The number of halogens is 1. The van der Waals surface area contributed by atoms with Gasteiger partial charge in [-0.3, -0.25) is 9.78 Å². The second-order valence-corrected chi connectivity index (χ2v) is 6.10. The second-order valence-electron chi connectivity index (χ2n) is 5.69. The molecule has 0 unspecified atom stereocenters. The highest BCUT2D eigenvalue weighted by molar-refractivity contribution is 6.31. The van der Waals surface area contributed by atoms with Crippen LogP contribution in [0.5, 0.6) is 5.75 Å². The Kier molecular flexibility index (Phi) is 5.13. The van der Waals surface area contributed by atoms with Crippen molar-refractivity contribution in [3.05, 3.63) is 59.4 Å². The molecule has 1 fully saturated rings. The van der Waals surface area contributed by atoms with Crippen LogP contribution in [0.3, 0.4) is 0 Å². The summed E-state index contributed by atoms with van der Waals surface area (Å²) in [6.07, 6.45) is 5.49. The van der Waals surface area contributed by atoms with E-state index in [-0.39, 0.29) is 12.0 Å². The third kappa shape index (κ3) is 4.23. The van der Waals surface area contributed by atoms with Crippen LogP contribution in [0.4, 0.5) is 0 Å². The van der Waals surface area contributed by atoms with Gasteiger partial charge in [0.25, 0.3) is 0 Å². The van der Waals surface area contributed by atoms with Crippen LogP contribution >= 0.6 is 11.6 Å². The van der Waals surface area contributed by atoms with Crippen molar-refractivity contribution < 1.29 is 9.53 Å². The molecule has 1 amide bonds. The van der Waals surface area contributed by atoms with E-state index >= 15 is 0 Å². The van der Waals surface area contributed by atoms with Crippen LogP contribution < -0.4 is 4.74 Å². The number of carbonyl (C=O) groups excluding carboxylic acids is 1. The predicted octanol–water partition coefficient (Wildman–Crippen LogP) is 3.35. The average molecular weight is 331 g/mol. The van der Waals surface area contributed by atoms with Crippen LogP contribution in [-0.4, -0.2) is 35.0 Å². The topological polar surface area (TPSA) is 42.4 Å². The van der Waals surface area contributed by atoms with Gasteiger partial charge in [-0.05, 0) is 18.4 Å². The van der Waals surface area contributed by atoms with E-state index in [1.807, 2.05) is 35.2 Å². The zero-order valence-electron chi connectivity index (χ0n) is 12.8. The Morgan fingerprint density at radius 2 is 2.13 bits per heavy atom. The van der Waals surface area contributed by atoms with Gasteiger partial charge in [-0.1, -0.05) is 41.9 Å². The monoisotopic (exact) mass is 330 g/mol. The highest BCUT2D eigenvalue weighted by Gasteiger charge is 2.25. The molecule has 0 radical (unpaired) electrons. The predicted molar refractivity (Wildman–Crippen MR) is 89.6 cm³/mol. The Labute approximate surface area is 141 Å². The molecule has 2 aromatic rings. The lowest BCUT2D eigenvalue weighted by Crippen LogP contribution is -2.45. The Balaban J connectivity index is 1.59. The first kappa shape index (κ1) is 15.8. The number of ether oxygens (including phenoxy) is 1. The summed E-state index contributed by atoms with van der Waals surface area (Å²) in [5, 5.41) is 0.500. The maximum Gasteiger partial charge on any atom is 0.227 e. The Bertz CT molecular complexity index is 663. The van der Waals surface area contributed by atoms with E-state index < -0.39 is 0 Å². The molecule has 120 valence electrons. The average Bonchev–Trinajstić information content (AvgIpc) is 2.58. The molecule has 0 spiro atoms. The van der Waals surface area contributed by atoms with Crippen LogP contribution in [0.2, 0.25) is 5.02 Å². The van der Waals surface area contributed by atoms with Gasteiger partial charge in [0.1, 0.15) is 16.9 Å². The molecule has 3 rings (SSSR count). The van der Waals surface area contributed by atoms with E-state index in [4.69, 9.17) is 16.3 Å². The number of benzene rings is 1. The minimum absolute atomic E-state index is 0.0247. The summed E-state index contributed by atoms with van der Waals surface area (Å²) in [6, 6.07) is 11.6. The molecule has 1 aromatic carbocycles. The van der Waals surface area contributed by atoms with Gasteiger partial charge in [0.15, 0.2) is 0 Å². The lowest BCUT2D eigenvalue weighted by molar-refractivity contribution is -0.133. The Morgan fingerprint density at radius 1 is 1.30 bits per heavy atom. The van der Waals surface area contributed by atoms with Crippen molar-refractivity contribution in [3.63, 3.8) is 0 Å². The van der Waals surface area contributed by atoms with Crippen LogP contribution in [0.1, 0.15) is 18.4 Å². The number of likely N-dealkylation sites (tertiary alicyclic amines) is 1. The zero-order chi connectivity index (χ0) is 16.1. The quantitative estimate of drug-likeness (QED) is 0.863. The highest BCUT2D eigenvalue weighted by atomic mass is 35.5. The normalized spacial score (nSPS) is 17.8. The maximum atomic E-state index is 12.5. The first-order valence-corrected chi connectivity index (χ1v) is 8.18. The largest absolute Gasteiger partial charge is 0.487 e. The van der Waals surface area contributed by atoms with Crippen molar-refractivity contribution in [2.24, 2.45) is 0 Å². The summed E-state index contributed by atoms with van der Waals surface area (Å²) in [7, 11) is 0. The molecule has 0 saturated carbocycles. The number of piperidine rings is 1. The van der Waals surface area contributed by atoms with Gasteiger partial charge in [-0.15, -0.1) is 0 Å². The van der Waals surface area contributed by atoms with E-state index in [1.165, 1.54) is 0 Å². The van der Waals surface area contributed by atoms with E-state index in [0.717, 1.165) is 24.9 Å². The fraction of sp³-hybridized carbons (Fsp3) is 0.333. The molecule has 1 aliphatic rings. The summed E-state index contributed by atoms with van der Waals surface area (Å²) >= 11 is 6.08. The Hall–Kier alpha value is -2.07. The molecule has 0 bridgehead atoms. The number of hydrogen-bond acceptors (Lipinski definition) is 3.